The van der Waals surface area contributed by atoms with Gasteiger partial charge in [-0.25, -0.2) is 0 Å². The number of alkyl halides is 1. The molecule has 0 spiro atoms. The van der Waals surface area contributed by atoms with Gasteiger partial charge in [-0.1, -0.05) is 6.42 Å². The molecule has 26 heavy (non-hydrogen) atoms. The maximum absolute atomic E-state index is 12.2. The average Bonchev–Trinajstić information content (AvgIpc) is 3.11. The zero-order chi connectivity index (χ0) is 18.8. The zero-order valence-corrected chi connectivity index (χ0v) is 14.6. The standard InChI is InChI=1S/C18H25FN4O3/c19-11-4-5-15-13-23(22-21-15)16-9-7-14(8-10-16)18(26)20-12-3-1-2-6-17(24)25/h7-10,13,21-22H,1-6,11-12H2,(H,20,26)(H,24,25). The molecule has 4 N–H and O–H groups in total. The van der Waals surface area contributed by atoms with E-state index in [0.717, 1.165) is 24.2 Å². The summed E-state index contributed by atoms with van der Waals surface area (Å²) in [5.41, 5.74) is 8.28. The van der Waals surface area contributed by atoms with Crippen molar-refractivity contribution < 1.29 is 19.1 Å². The number of halogens is 1. The summed E-state index contributed by atoms with van der Waals surface area (Å²) in [7, 11) is 0. The van der Waals surface area contributed by atoms with E-state index in [1.807, 2.05) is 18.3 Å². The first-order valence-corrected chi connectivity index (χ1v) is 8.78. The molecular weight excluding hydrogens is 339 g/mol. The van der Waals surface area contributed by atoms with Gasteiger partial charge in [-0.2, -0.15) is 0 Å². The minimum Gasteiger partial charge on any atom is -0.481 e. The van der Waals surface area contributed by atoms with Gasteiger partial charge in [0.15, 0.2) is 0 Å². The van der Waals surface area contributed by atoms with Gasteiger partial charge < -0.3 is 15.8 Å². The summed E-state index contributed by atoms with van der Waals surface area (Å²) in [6.07, 6.45) is 5.29. The molecule has 142 valence electrons. The first-order valence-electron chi connectivity index (χ1n) is 8.78. The number of rotatable bonds is 11. The van der Waals surface area contributed by atoms with E-state index in [1.54, 1.807) is 17.1 Å². The molecule has 1 aromatic rings. The predicted molar refractivity (Wildman–Crippen MR) is 96.9 cm³/mol. The van der Waals surface area contributed by atoms with Crippen LogP contribution in [0, 0.1) is 0 Å². The highest BCUT2D eigenvalue weighted by Crippen LogP contribution is 2.18. The molecule has 0 aliphatic carbocycles. The second-order valence-corrected chi connectivity index (χ2v) is 6.06. The predicted octanol–water partition coefficient (Wildman–Crippen LogP) is 2.48. The number of carbonyl (C=O) groups excluding carboxylic acids is 1. The quantitative estimate of drug-likeness (QED) is 0.451. The van der Waals surface area contributed by atoms with E-state index in [9.17, 15) is 14.0 Å². The zero-order valence-electron chi connectivity index (χ0n) is 14.6. The lowest BCUT2D eigenvalue weighted by molar-refractivity contribution is -0.137. The molecule has 0 unspecified atom stereocenters. The highest BCUT2D eigenvalue weighted by molar-refractivity contribution is 5.94. The highest BCUT2D eigenvalue weighted by Gasteiger charge is 2.13. The van der Waals surface area contributed by atoms with Crippen LogP contribution in [0.2, 0.25) is 0 Å². The minimum atomic E-state index is -0.791. The van der Waals surface area contributed by atoms with Crippen molar-refractivity contribution >= 4 is 17.6 Å². The molecule has 8 heteroatoms. The summed E-state index contributed by atoms with van der Waals surface area (Å²) in [6, 6.07) is 7.13. The summed E-state index contributed by atoms with van der Waals surface area (Å²) in [5, 5.41) is 13.2. The van der Waals surface area contributed by atoms with Crippen molar-refractivity contribution in [3.8, 4) is 0 Å². The lowest BCUT2D eigenvalue weighted by Crippen LogP contribution is -2.36. The Morgan fingerprint density at radius 3 is 2.58 bits per heavy atom. The molecule has 1 aliphatic heterocycles. The topological polar surface area (TPSA) is 93.7 Å². The molecule has 0 aromatic heterocycles. The number of allylic oxidation sites excluding steroid dienone is 1. The van der Waals surface area contributed by atoms with Crippen LogP contribution in [0.1, 0.15) is 48.9 Å². The van der Waals surface area contributed by atoms with Crippen LogP contribution in [0.5, 0.6) is 0 Å². The van der Waals surface area contributed by atoms with E-state index in [-0.39, 0.29) is 19.0 Å². The smallest absolute Gasteiger partial charge is 0.303 e. The monoisotopic (exact) mass is 364 g/mol. The van der Waals surface area contributed by atoms with Crippen LogP contribution >= 0.6 is 0 Å². The van der Waals surface area contributed by atoms with Gasteiger partial charge in [0.25, 0.3) is 5.91 Å². The lowest BCUT2D eigenvalue weighted by atomic mass is 10.1. The van der Waals surface area contributed by atoms with Gasteiger partial charge >= 0.3 is 5.97 Å². The van der Waals surface area contributed by atoms with Crippen molar-refractivity contribution in [3.63, 3.8) is 0 Å². The van der Waals surface area contributed by atoms with Gasteiger partial charge in [-0.3, -0.25) is 19.0 Å². The summed E-state index contributed by atoms with van der Waals surface area (Å²) in [4.78, 5) is 22.5. The Hall–Kier alpha value is -2.61. The van der Waals surface area contributed by atoms with Crippen molar-refractivity contribution in [2.24, 2.45) is 0 Å². The number of amides is 1. The second-order valence-electron chi connectivity index (χ2n) is 6.06. The third-order valence-corrected chi connectivity index (χ3v) is 3.96. The third kappa shape index (κ3) is 6.36. The maximum Gasteiger partial charge on any atom is 0.303 e. The van der Waals surface area contributed by atoms with E-state index in [2.05, 4.69) is 16.3 Å². The van der Waals surface area contributed by atoms with Gasteiger partial charge in [0.2, 0.25) is 0 Å². The molecule has 1 amide bonds. The Morgan fingerprint density at radius 1 is 1.12 bits per heavy atom. The van der Waals surface area contributed by atoms with Crippen LogP contribution in [0.25, 0.3) is 0 Å². The first-order chi connectivity index (χ1) is 12.6. The number of carboxylic acids is 1. The van der Waals surface area contributed by atoms with Crippen LogP contribution in [0.4, 0.5) is 10.1 Å². The second kappa shape index (κ2) is 10.4. The molecule has 0 fully saturated rings. The number of nitrogens with one attached hydrogen (secondary N) is 3. The van der Waals surface area contributed by atoms with E-state index in [4.69, 9.17) is 5.11 Å². The van der Waals surface area contributed by atoms with Gasteiger partial charge in [0.1, 0.15) is 0 Å². The van der Waals surface area contributed by atoms with Crippen molar-refractivity contribution in [1.29, 1.82) is 0 Å². The van der Waals surface area contributed by atoms with Crippen LogP contribution in [0.15, 0.2) is 36.2 Å². The van der Waals surface area contributed by atoms with Crippen molar-refractivity contribution in [2.75, 3.05) is 18.2 Å². The molecule has 0 bridgehead atoms. The average molecular weight is 364 g/mol. The molecule has 0 atom stereocenters. The Kier molecular flexibility index (Phi) is 7.88. The number of hydrogen-bond acceptors (Lipinski definition) is 5. The van der Waals surface area contributed by atoms with Crippen molar-refractivity contribution in [3.05, 3.63) is 41.7 Å². The van der Waals surface area contributed by atoms with Gasteiger partial charge in [-0.05, 0) is 49.9 Å². The van der Waals surface area contributed by atoms with Gasteiger partial charge in [0.05, 0.1) is 12.4 Å². The summed E-state index contributed by atoms with van der Waals surface area (Å²) < 4.78 is 12.2. The number of anilines is 1. The third-order valence-electron chi connectivity index (χ3n) is 3.96. The first kappa shape index (κ1) is 19.7. The number of carbonyl (C=O) groups is 2. The maximum atomic E-state index is 12.2. The van der Waals surface area contributed by atoms with Gasteiger partial charge in [-0.15, -0.1) is 5.53 Å². The summed E-state index contributed by atoms with van der Waals surface area (Å²) in [5.74, 6) is -0.942. The van der Waals surface area contributed by atoms with Crippen LogP contribution in [-0.2, 0) is 4.79 Å². The van der Waals surface area contributed by atoms with E-state index < -0.39 is 5.97 Å². The Labute approximate surface area is 152 Å². The number of benzene rings is 1. The molecular formula is C18H25FN4O3. The van der Waals surface area contributed by atoms with E-state index >= 15 is 0 Å². The molecule has 1 aromatic carbocycles. The van der Waals surface area contributed by atoms with Crippen LogP contribution in [-0.4, -0.2) is 30.2 Å². The fourth-order valence-corrected chi connectivity index (χ4v) is 2.53. The molecule has 0 saturated heterocycles. The van der Waals surface area contributed by atoms with Crippen LogP contribution in [0.3, 0.4) is 0 Å². The molecule has 1 heterocycles. The fraction of sp³-hybridized carbons (Fsp3) is 0.444. The molecule has 1 aliphatic rings. The number of hydrogen-bond donors (Lipinski definition) is 4. The largest absolute Gasteiger partial charge is 0.481 e. The molecule has 0 saturated carbocycles. The van der Waals surface area contributed by atoms with Gasteiger partial charge in [0, 0.05) is 30.4 Å². The lowest BCUT2D eigenvalue weighted by Gasteiger charge is -2.15. The minimum absolute atomic E-state index is 0.151. The summed E-state index contributed by atoms with van der Waals surface area (Å²) in [6.45, 7) is 0.181. The normalized spacial score (nSPS) is 13.3. The SMILES string of the molecule is O=C(O)CCCCCNC(=O)c1ccc(N2C=C(CCCF)NN2)cc1. The van der Waals surface area contributed by atoms with Crippen molar-refractivity contribution in [2.45, 2.75) is 38.5 Å². The number of nitrogens with zero attached hydrogens (tertiary/aromatic N) is 1. The molecule has 7 nitrogen and oxygen atoms in total. The van der Waals surface area contributed by atoms with Crippen molar-refractivity contribution in [1.82, 2.24) is 16.3 Å². The van der Waals surface area contributed by atoms with Crippen LogP contribution < -0.4 is 21.3 Å². The summed E-state index contributed by atoms with van der Waals surface area (Å²) >= 11 is 0. The fourth-order valence-electron chi connectivity index (χ4n) is 2.53. The highest BCUT2D eigenvalue weighted by atomic mass is 19.1. The number of unbranched alkanes of at least 4 members (excludes halogenated alkanes) is 2. The van der Waals surface area contributed by atoms with E-state index in [0.29, 0.717) is 31.4 Å². The van der Waals surface area contributed by atoms with E-state index in [1.165, 1.54) is 0 Å². The Morgan fingerprint density at radius 2 is 1.88 bits per heavy atom. The Bertz CT molecular complexity index is 634. The molecule has 2 rings (SSSR count). The molecule has 0 radical (unpaired) electrons. The number of carboxylic acid groups (broad SMARTS) is 1. The Balaban J connectivity index is 1.75. The number of aliphatic carboxylic acids is 1. The number of hydrazine groups is 2.